The van der Waals surface area contributed by atoms with Gasteiger partial charge in [-0.05, 0) is 61.3 Å². The molecule has 0 atom stereocenters. The van der Waals surface area contributed by atoms with Gasteiger partial charge in [-0.1, -0.05) is 12.1 Å². The molecule has 0 unspecified atom stereocenters. The molecule has 25 heavy (non-hydrogen) atoms. The normalized spacial score (nSPS) is 14.2. The first-order valence-corrected chi connectivity index (χ1v) is 8.86. The van der Waals surface area contributed by atoms with Crippen LogP contribution in [0, 0.1) is 11.6 Å². The molecule has 1 aliphatic rings. The zero-order chi connectivity index (χ0) is 17.6. The third kappa shape index (κ3) is 4.89. The largest absolute Gasteiger partial charge is 0.372 e. The van der Waals surface area contributed by atoms with Crippen molar-refractivity contribution < 1.29 is 8.78 Å². The van der Waals surface area contributed by atoms with Gasteiger partial charge in [0.05, 0.1) is 0 Å². The molecule has 2 N–H and O–H groups in total. The Labute approximate surface area is 152 Å². The molecule has 0 saturated carbocycles. The third-order valence-corrected chi connectivity index (χ3v) is 4.53. The second-order valence-electron chi connectivity index (χ2n) is 6.15. The average molecular weight is 361 g/mol. The third-order valence-electron chi connectivity index (χ3n) is 4.29. The summed E-state index contributed by atoms with van der Waals surface area (Å²) >= 11 is 5.19. The van der Waals surface area contributed by atoms with Crippen LogP contribution in [0.3, 0.4) is 0 Å². The fourth-order valence-corrected chi connectivity index (χ4v) is 3.10. The molecule has 2 aromatic rings. The van der Waals surface area contributed by atoms with Crippen molar-refractivity contribution in [3.63, 3.8) is 0 Å². The lowest BCUT2D eigenvalue weighted by atomic mass is 10.1. The molecule has 1 heterocycles. The van der Waals surface area contributed by atoms with Crippen LogP contribution in [0.15, 0.2) is 42.5 Å². The molecule has 132 valence electrons. The van der Waals surface area contributed by atoms with Crippen LogP contribution in [0.2, 0.25) is 0 Å². The molecule has 3 nitrogen and oxygen atoms in total. The van der Waals surface area contributed by atoms with E-state index in [-0.39, 0.29) is 0 Å². The molecular formula is C19H21F2N3S. The number of anilines is 2. The van der Waals surface area contributed by atoms with Gasteiger partial charge >= 0.3 is 0 Å². The smallest absolute Gasteiger partial charge is 0.171 e. The van der Waals surface area contributed by atoms with Crippen LogP contribution >= 0.6 is 12.2 Å². The van der Waals surface area contributed by atoms with Crippen LogP contribution in [0.4, 0.5) is 20.2 Å². The van der Waals surface area contributed by atoms with Gasteiger partial charge in [0.15, 0.2) is 16.7 Å². The van der Waals surface area contributed by atoms with Crippen molar-refractivity contribution >= 4 is 28.7 Å². The number of hydrogen-bond donors (Lipinski definition) is 2. The maximum absolute atomic E-state index is 13.2. The summed E-state index contributed by atoms with van der Waals surface area (Å²) in [5, 5.41) is 6.29. The van der Waals surface area contributed by atoms with Crippen LogP contribution in [-0.2, 0) is 6.54 Å². The Hall–Kier alpha value is -2.21. The molecular weight excluding hydrogens is 340 g/mol. The molecule has 1 aliphatic heterocycles. The fraction of sp³-hybridized carbons (Fsp3) is 0.316. The molecule has 0 amide bonds. The quantitative estimate of drug-likeness (QED) is 0.787. The van der Waals surface area contributed by atoms with Crippen molar-refractivity contribution in [1.82, 2.24) is 5.32 Å². The Bertz CT molecular complexity index is 728. The van der Waals surface area contributed by atoms with Crippen LogP contribution < -0.4 is 15.5 Å². The van der Waals surface area contributed by atoms with Gasteiger partial charge in [-0.15, -0.1) is 0 Å². The van der Waals surface area contributed by atoms with E-state index in [0.717, 1.165) is 30.8 Å². The summed E-state index contributed by atoms with van der Waals surface area (Å²) in [5.74, 6) is -1.78. The Balaban J connectivity index is 1.50. The highest BCUT2D eigenvalue weighted by Gasteiger charge is 2.10. The molecule has 0 aromatic heterocycles. The number of piperidine rings is 1. The van der Waals surface area contributed by atoms with Crippen molar-refractivity contribution in [1.29, 1.82) is 0 Å². The van der Waals surface area contributed by atoms with Crippen LogP contribution in [0.1, 0.15) is 24.8 Å². The lowest BCUT2D eigenvalue weighted by Gasteiger charge is -2.28. The predicted molar refractivity (Wildman–Crippen MR) is 102 cm³/mol. The van der Waals surface area contributed by atoms with Crippen molar-refractivity contribution in [2.75, 3.05) is 23.3 Å². The summed E-state index contributed by atoms with van der Waals surface area (Å²) in [7, 11) is 0. The van der Waals surface area contributed by atoms with Gasteiger partial charge in [-0.3, -0.25) is 0 Å². The van der Waals surface area contributed by atoms with Gasteiger partial charge in [-0.25, -0.2) is 8.78 Å². The molecule has 3 rings (SSSR count). The fourth-order valence-electron chi connectivity index (χ4n) is 2.91. The number of hydrogen-bond acceptors (Lipinski definition) is 2. The first-order valence-electron chi connectivity index (χ1n) is 8.45. The minimum Gasteiger partial charge on any atom is -0.372 e. The Morgan fingerprint density at radius 1 is 0.960 bits per heavy atom. The van der Waals surface area contributed by atoms with Gasteiger partial charge in [-0.2, -0.15) is 0 Å². The predicted octanol–water partition coefficient (Wildman–Crippen LogP) is 4.44. The zero-order valence-electron chi connectivity index (χ0n) is 13.9. The van der Waals surface area contributed by atoms with Crippen LogP contribution in [0.25, 0.3) is 0 Å². The van der Waals surface area contributed by atoms with Gasteiger partial charge in [0.1, 0.15) is 0 Å². The summed E-state index contributed by atoms with van der Waals surface area (Å²) in [5.41, 5.74) is 2.78. The number of rotatable bonds is 4. The van der Waals surface area contributed by atoms with E-state index >= 15 is 0 Å². The summed E-state index contributed by atoms with van der Waals surface area (Å²) < 4.78 is 26.1. The van der Waals surface area contributed by atoms with E-state index in [0.29, 0.717) is 17.3 Å². The Morgan fingerprint density at radius 2 is 1.68 bits per heavy atom. The maximum atomic E-state index is 13.2. The van der Waals surface area contributed by atoms with Gasteiger partial charge < -0.3 is 15.5 Å². The van der Waals surface area contributed by atoms with E-state index in [1.165, 1.54) is 31.0 Å². The van der Waals surface area contributed by atoms with E-state index in [1.807, 2.05) is 0 Å². The number of benzene rings is 2. The molecule has 0 aliphatic carbocycles. The molecule has 0 bridgehead atoms. The van der Waals surface area contributed by atoms with E-state index < -0.39 is 11.6 Å². The highest BCUT2D eigenvalue weighted by atomic mass is 32.1. The van der Waals surface area contributed by atoms with E-state index in [9.17, 15) is 8.78 Å². The average Bonchev–Trinajstić information content (AvgIpc) is 2.64. The van der Waals surface area contributed by atoms with Gasteiger partial charge in [0, 0.05) is 37.1 Å². The summed E-state index contributed by atoms with van der Waals surface area (Å²) in [6.07, 6.45) is 3.83. The number of halogens is 2. The Kier molecular flexibility index (Phi) is 5.81. The maximum Gasteiger partial charge on any atom is 0.171 e. The summed E-state index contributed by atoms with van der Waals surface area (Å²) in [6.45, 7) is 2.81. The molecule has 0 radical (unpaired) electrons. The van der Waals surface area contributed by atoms with Crippen molar-refractivity contribution in [2.24, 2.45) is 0 Å². The van der Waals surface area contributed by atoms with Crippen molar-refractivity contribution in [2.45, 2.75) is 25.8 Å². The Morgan fingerprint density at radius 3 is 2.36 bits per heavy atom. The first kappa shape index (κ1) is 17.6. The summed E-state index contributed by atoms with van der Waals surface area (Å²) in [4.78, 5) is 2.41. The van der Waals surface area contributed by atoms with E-state index in [4.69, 9.17) is 12.2 Å². The topological polar surface area (TPSA) is 27.3 Å². The second kappa shape index (κ2) is 8.25. The lowest BCUT2D eigenvalue weighted by molar-refractivity contribution is 0.509. The van der Waals surface area contributed by atoms with E-state index in [2.05, 4.69) is 39.8 Å². The monoisotopic (exact) mass is 361 g/mol. The number of thiocarbonyl (C=S) groups is 1. The number of nitrogens with zero attached hydrogens (tertiary/aromatic N) is 1. The van der Waals surface area contributed by atoms with Gasteiger partial charge in [0.2, 0.25) is 0 Å². The van der Waals surface area contributed by atoms with Crippen molar-refractivity contribution in [3.8, 4) is 0 Å². The van der Waals surface area contributed by atoms with E-state index in [1.54, 1.807) is 0 Å². The minimum absolute atomic E-state index is 0.367. The van der Waals surface area contributed by atoms with Crippen LogP contribution in [-0.4, -0.2) is 18.2 Å². The molecule has 6 heteroatoms. The summed E-state index contributed by atoms with van der Waals surface area (Å²) in [6, 6.07) is 12.0. The highest BCUT2D eigenvalue weighted by Crippen LogP contribution is 2.20. The molecule has 0 spiro atoms. The highest BCUT2D eigenvalue weighted by molar-refractivity contribution is 7.80. The minimum atomic E-state index is -0.902. The van der Waals surface area contributed by atoms with Crippen LogP contribution in [0.5, 0.6) is 0 Å². The first-order chi connectivity index (χ1) is 12.1. The molecule has 1 saturated heterocycles. The van der Waals surface area contributed by atoms with Crippen molar-refractivity contribution in [3.05, 3.63) is 59.7 Å². The molecule has 1 fully saturated rings. The zero-order valence-corrected chi connectivity index (χ0v) is 14.7. The SMILES string of the molecule is Fc1ccc(NC(=S)NCc2ccc(N3CCCCC3)cc2)cc1F. The second-order valence-corrected chi connectivity index (χ2v) is 6.56. The lowest BCUT2D eigenvalue weighted by Crippen LogP contribution is -2.29. The molecule has 2 aromatic carbocycles. The van der Waals surface area contributed by atoms with Gasteiger partial charge in [0.25, 0.3) is 0 Å². The number of nitrogens with one attached hydrogen (secondary N) is 2. The standard InChI is InChI=1S/C19H21F2N3S/c20-17-9-6-15(12-18(17)21)23-19(25)22-13-14-4-7-16(8-5-14)24-10-2-1-3-11-24/h4-9,12H,1-3,10-11,13H2,(H2,22,23,25).